The Kier molecular flexibility index (Phi) is 8.03. The van der Waals surface area contributed by atoms with Gasteiger partial charge in [0.2, 0.25) is 0 Å². The van der Waals surface area contributed by atoms with Gasteiger partial charge in [-0.25, -0.2) is 0 Å². The maximum Gasteiger partial charge on any atom is 1.00 e. The van der Waals surface area contributed by atoms with Crippen LogP contribution >= 0.6 is 0 Å². The maximum absolute atomic E-state index is 12.5. The van der Waals surface area contributed by atoms with Crippen molar-refractivity contribution in [3.05, 3.63) is 18.5 Å². The zero-order valence-electron chi connectivity index (χ0n) is 11.4. The molecule has 1 aromatic heterocycles. The Hall–Kier alpha value is 0.361. The van der Waals surface area contributed by atoms with E-state index < -0.39 is 12.4 Å². The van der Waals surface area contributed by atoms with E-state index in [1.807, 2.05) is 0 Å². The molecule has 20 heavy (non-hydrogen) atoms. The summed E-state index contributed by atoms with van der Waals surface area (Å²) in [6.45, 7) is -0.984. The van der Waals surface area contributed by atoms with Crippen LogP contribution in [-0.4, -0.2) is 56.3 Å². The van der Waals surface area contributed by atoms with Crippen LogP contribution in [0, 0.1) is 0 Å². The summed E-state index contributed by atoms with van der Waals surface area (Å²) in [6, 6.07) is 0.992. The zero-order valence-corrected chi connectivity index (χ0v) is 14.5. The third kappa shape index (κ3) is 6.00. The first-order chi connectivity index (χ1) is 9.05. The summed E-state index contributed by atoms with van der Waals surface area (Å²) in [5.41, 5.74) is -0.733. The van der Waals surface area contributed by atoms with E-state index in [9.17, 15) is 12.9 Å². The van der Waals surface area contributed by atoms with Crippen molar-refractivity contribution in [1.29, 1.82) is 0 Å². The Bertz CT molecular complexity index is 417. The second kappa shape index (κ2) is 8.72. The molecule has 1 aromatic rings. The van der Waals surface area contributed by atoms with Gasteiger partial charge in [-0.05, 0) is 6.07 Å². The van der Waals surface area contributed by atoms with E-state index in [0.717, 1.165) is 25.4 Å². The van der Waals surface area contributed by atoms with E-state index in [-0.39, 0.29) is 57.1 Å². The molecule has 0 amide bonds. The molecule has 0 aromatic carbocycles. The van der Waals surface area contributed by atoms with Crippen molar-refractivity contribution < 1.29 is 73.8 Å². The van der Waals surface area contributed by atoms with E-state index in [4.69, 9.17) is 9.47 Å². The number of nitrogens with zero attached hydrogens (tertiary/aromatic N) is 2. The predicted octanol–water partition coefficient (Wildman–Crippen LogP) is -2.15. The SMILES string of the molecule is F[B-](F)(F)c1cncc(OCCN2CCOCC2)c1.[K+]. The Balaban J connectivity index is 0.00000200. The third-order valence-corrected chi connectivity index (χ3v) is 2.89. The van der Waals surface area contributed by atoms with Crippen molar-refractivity contribution in [3.63, 3.8) is 0 Å². The summed E-state index contributed by atoms with van der Waals surface area (Å²) in [6.07, 6.45) is 2.11. The van der Waals surface area contributed by atoms with Gasteiger partial charge in [-0.15, -0.1) is 0 Å². The van der Waals surface area contributed by atoms with Crippen LogP contribution in [0.1, 0.15) is 0 Å². The molecule has 0 bridgehead atoms. The quantitative estimate of drug-likeness (QED) is 0.581. The summed E-state index contributed by atoms with van der Waals surface area (Å²) < 4.78 is 48.1. The smallest absolute Gasteiger partial charge is 0.491 e. The number of rotatable bonds is 5. The molecule has 106 valence electrons. The largest absolute Gasteiger partial charge is 1.00 e. The van der Waals surface area contributed by atoms with Gasteiger partial charge in [0, 0.05) is 25.8 Å². The van der Waals surface area contributed by atoms with Gasteiger partial charge < -0.3 is 22.4 Å². The first-order valence-electron chi connectivity index (χ1n) is 6.13. The number of ether oxygens (including phenoxy) is 2. The number of hydrogen-bond acceptors (Lipinski definition) is 4. The van der Waals surface area contributed by atoms with Gasteiger partial charge in [0.15, 0.2) is 0 Å². The minimum absolute atomic E-state index is 0. The summed E-state index contributed by atoms with van der Waals surface area (Å²) in [4.78, 5) is 5.70. The van der Waals surface area contributed by atoms with Crippen molar-refractivity contribution in [2.45, 2.75) is 0 Å². The molecule has 0 saturated carbocycles. The van der Waals surface area contributed by atoms with Crippen LogP contribution in [0.5, 0.6) is 5.75 Å². The average Bonchev–Trinajstić information content (AvgIpc) is 2.39. The van der Waals surface area contributed by atoms with Gasteiger partial charge in [0.25, 0.3) is 0 Å². The molecule has 1 aliphatic rings. The van der Waals surface area contributed by atoms with Crippen LogP contribution in [0.4, 0.5) is 12.9 Å². The molecular weight excluding hydrogens is 299 g/mol. The molecule has 1 fully saturated rings. The fraction of sp³-hybridized carbons (Fsp3) is 0.545. The number of hydrogen-bond donors (Lipinski definition) is 0. The summed E-state index contributed by atoms with van der Waals surface area (Å²) in [5.74, 6) is 0.157. The first-order valence-corrected chi connectivity index (χ1v) is 6.13. The Morgan fingerprint density at radius 1 is 1.25 bits per heavy atom. The van der Waals surface area contributed by atoms with Crippen LogP contribution in [0.2, 0.25) is 0 Å². The molecule has 0 aliphatic carbocycles. The van der Waals surface area contributed by atoms with E-state index in [1.165, 1.54) is 6.20 Å². The molecule has 9 heteroatoms. The summed E-state index contributed by atoms with van der Waals surface area (Å²) in [7, 11) is 0. The van der Waals surface area contributed by atoms with E-state index in [1.54, 1.807) is 0 Å². The fourth-order valence-corrected chi connectivity index (χ4v) is 1.81. The minimum Gasteiger partial charge on any atom is -0.491 e. The monoisotopic (exact) mass is 314 g/mol. The van der Waals surface area contributed by atoms with Gasteiger partial charge >= 0.3 is 58.4 Å². The van der Waals surface area contributed by atoms with Crippen LogP contribution < -0.4 is 61.6 Å². The average molecular weight is 314 g/mol. The molecule has 1 saturated heterocycles. The normalized spacial score (nSPS) is 16.6. The molecule has 4 nitrogen and oxygen atoms in total. The standard InChI is InChI=1S/C11H15BF3N2O2.K/c13-12(14,15)10-7-11(9-16-8-10)19-6-3-17-1-4-18-5-2-17;/h7-9H,1-6H2;/q-1;+1. The topological polar surface area (TPSA) is 34.6 Å². The molecule has 0 atom stereocenters. The maximum atomic E-state index is 12.5. The van der Waals surface area contributed by atoms with Gasteiger partial charge in [-0.1, -0.05) is 5.46 Å². The molecule has 2 heterocycles. The van der Waals surface area contributed by atoms with Crippen LogP contribution in [0.25, 0.3) is 0 Å². The molecule has 0 spiro atoms. The molecule has 0 N–H and O–H groups in total. The van der Waals surface area contributed by atoms with Crippen molar-refractivity contribution in [1.82, 2.24) is 9.88 Å². The zero-order chi connectivity index (χ0) is 13.7. The number of pyridine rings is 1. The van der Waals surface area contributed by atoms with Gasteiger partial charge in [0.05, 0.1) is 19.4 Å². The van der Waals surface area contributed by atoms with E-state index in [0.29, 0.717) is 26.4 Å². The molecule has 0 radical (unpaired) electrons. The Labute approximate surface area is 158 Å². The van der Waals surface area contributed by atoms with Gasteiger partial charge in [-0.2, -0.15) is 0 Å². The molecule has 2 rings (SSSR count). The first kappa shape index (κ1) is 18.4. The third-order valence-electron chi connectivity index (χ3n) is 2.89. The van der Waals surface area contributed by atoms with Crippen molar-refractivity contribution in [2.75, 3.05) is 39.5 Å². The summed E-state index contributed by atoms with van der Waals surface area (Å²) >= 11 is 0. The van der Waals surface area contributed by atoms with Gasteiger partial charge in [-0.3, -0.25) is 9.88 Å². The van der Waals surface area contributed by atoms with Crippen LogP contribution in [-0.2, 0) is 4.74 Å². The van der Waals surface area contributed by atoms with Crippen LogP contribution in [0.3, 0.4) is 0 Å². The summed E-state index contributed by atoms with van der Waals surface area (Å²) in [5, 5.41) is 0. The minimum atomic E-state index is -5.03. The van der Waals surface area contributed by atoms with Gasteiger partial charge in [0.1, 0.15) is 12.4 Å². The Morgan fingerprint density at radius 3 is 2.60 bits per heavy atom. The number of halogens is 3. The number of morpholine rings is 1. The van der Waals surface area contributed by atoms with E-state index in [2.05, 4.69) is 9.88 Å². The van der Waals surface area contributed by atoms with E-state index >= 15 is 0 Å². The second-order valence-electron chi connectivity index (χ2n) is 4.33. The Morgan fingerprint density at radius 2 is 1.95 bits per heavy atom. The molecular formula is C11H15BF3KN2O2. The molecule has 0 unspecified atom stereocenters. The van der Waals surface area contributed by atoms with Crippen molar-refractivity contribution in [2.24, 2.45) is 0 Å². The van der Waals surface area contributed by atoms with Crippen molar-refractivity contribution >= 4 is 12.4 Å². The van der Waals surface area contributed by atoms with Crippen LogP contribution in [0.15, 0.2) is 18.5 Å². The second-order valence-corrected chi connectivity index (χ2v) is 4.33. The predicted molar refractivity (Wildman–Crippen MR) is 65.7 cm³/mol. The fourth-order valence-electron chi connectivity index (χ4n) is 1.81. The molecule has 1 aliphatic heterocycles. The van der Waals surface area contributed by atoms with Crippen molar-refractivity contribution in [3.8, 4) is 5.75 Å². The number of aromatic nitrogens is 1.